The molecule has 2 amide bonds. The first-order valence-electron chi connectivity index (χ1n) is 6.91. The van der Waals surface area contributed by atoms with Crippen molar-refractivity contribution in [3.8, 4) is 0 Å². The third kappa shape index (κ3) is 4.19. The van der Waals surface area contributed by atoms with Gasteiger partial charge in [-0.3, -0.25) is 14.6 Å². The van der Waals surface area contributed by atoms with E-state index in [4.69, 9.17) is 0 Å². The minimum Gasteiger partial charge on any atom is -0.341 e. The zero-order valence-electron chi connectivity index (χ0n) is 11.8. The maximum atomic E-state index is 12.7. The quantitative estimate of drug-likeness (QED) is 0.848. The summed E-state index contributed by atoms with van der Waals surface area (Å²) in [5, 5.41) is 0. The van der Waals surface area contributed by atoms with Gasteiger partial charge in [-0.2, -0.15) is 13.2 Å². The molecule has 0 bridgehead atoms. The van der Waals surface area contributed by atoms with Crippen molar-refractivity contribution >= 4 is 11.8 Å². The van der Waals surface area contributed by atoms with E-state index >= 15 is 0 Å². The summed E-state index contributed by atoms with van der Waals surface area (Å²) in [4.78, 5) is 29.4. The summed E-state index contributed by atoms with van der Waals surface area (Å²) < 4.78 is 38.1. The highest BCUT2D eigenvalue weighted by atomic mass is 19.4. The van der Waals surface area contributed by atoms with E-state index in [1.807, 2.05) is 0 Å². The molecule has 1 saturated heterocycles. The Morgan fingerprint density at radius 1 is 1.23 bits per heavy atom. The topological polar surface area (TPSA) is 53.5 Å². The fraction of sp³-hybridized carbons (Fsp3) is 0.500. The van der Waals surface area contributed by atoms with E-state index in [9.17, 15) is 22.8 Å². The van der Waals surface area contributed by atoms with Gasteiger partial charge in [0, 0.05) is 19.3 Å². The summed E-state index contributed by atoms with van der Waals surface area (Å²) in [6.07, 6.45) is -1.92. The molecule has 8 heteroatoms. The van der Waals surface area contributed by atoms with Crippen LogP contribution in [0.2, 0.25) is 0 Å². The van der Waals surface area contributed by atoms with Crippen molar-refractivity contribution in [3.63, 3.8) is 0 Å². The molecule has 0 aromatic carbocycles. The number of alkyl halides is 3. The molecular weight excluding hydrogens is 299 g/mol. The van der Waals surface area contributed by atoms with Crippen molar-refractivity contribution in [3.05, 3.63) is 30.1 Å². The van der Waals surface area contributed by atoms with Crippen molar-refractivity contribution in [1.29, 1.82) is 0 Å². The number of halogens is 3. The maximum Gasteiger partial charge on any atom is 0.471 e. The van der Waals surface area contributed by atoms with Crippen LogP contribution in [0.25, 0.3) is 0 Å². The highest BCUT2D eigenvalue weighted by Gasteiger charge is 2.43. The van der Waals surface area contributed by atoms with Crippen LogP contribution in [0.3, 0.4) is 0 Å². The molecule has 120 valence electrons. The van der Waals surface area contributed by atoms with E-state index in [2.05, 4.69) is 4.98 Å². The molecule has 1 aromatic rings. The van der Waals surface area contributed by atoms with Crippen molar-refractivity contribution in [2.75, 3.05) is 19.6 Å². The molecule has 0 atom stereocenters. The highest BCUT2D eigenvalue weighted by Crippen LogP contribution is 2.20. The van der Waals surface area contributed by atoms with Crippen LogP contribution in [0.1, 0.15) is 18.5 Å². The van der Waals surface area contributed by atoms with Crippen LogP contribution >= 0.6 is 0 Å². The van der Waals surface area contributed by atoms with E-state index in [0.29, 0.717) is 23.7 Å². The summed E-state index contributed by atoms with van der Waals surface area (Å²) >= 11 is 0. The number of nitrogens with zero attached hydrogens (tertiary/aromatic N) is 3. The number of hydrogen-bond acceptors (Lipinski definition) is 3. The van der Waals surface area contributed by atoms with Crippen LogP contribution in [-0.4, -0.2) is 52.4 Å². The van der Waals surface area contributed by atoms with Crippen molar-refractivity contribution in [2.24, 2.45) is 0 Å². The molecule has 22 heavy (non-hydrogen) atoms. The van der Waals surface area contributed by atoms with E-state index in [1.165, 1.54) is 17.2 Å². The summed E-state index contributed by atoms with van der Waals surface area (Å²) in [5.74, 6) is -2.49. The van der Waals surface area contributed by atoms with Crippen molar-refractivity contribution in [1.82, 2.24) is 14.8 Å². The molecular formula is C14H16F3N3O2. The minimum absolute atomic E-state index is 0.300. The fourth-order valence-electron chi connectivity index (χ4n) is 2.30. The molecule has 1 aliphatic heterocycles. The number of hydrogen-bond donors (Lipinski definition) is 0. The molecule has 0 radical (unpaired) electrons. The third-order valence-electron chi connectivity index (χ3n) is 3.39. The first-order chi connectivity index (χ1) is 10.4. The van der Waals surface area contributed by atoms with Gasteiger partial charge in [0.05, 0.1) is 12.2 Å². The summed E-state index contributed by atoms with van der Waals surface area (Å²) in [5.41, 5.74) is 0.300. The molecule has 0 N–H and O–H groups in total. The van der Waals surface area contributed by atoms with Crippen LogP contribution in [0.15, 0.2) is 24.4 Å². The largest absolute Gasteiger partial charge is 0.471 e. The number of aromatic nitrogens is 1. The molecule has 1 aliphatic rings. The Labute approximate surface area is 125 Å². The number of pyridine rings is 1. The monoisotopic (exact) mass is 315 g/mol. The first-order valence-corrected chi connectivity index (χ1v) is 6.91. The number of rotatable bonds is 4. The lowest BCUT2D eigenvalue weighted by atomic mass is 10.3. The lowest BCUT2D eigenvalue weighted by molar-refractivity contribution is -0.187. The SMILES string of the molecule is O=C(CN(Cc1ccccn1)C(=O)C(F)(F)F)N1CCCC1. The van der Waals surface area contributed by atoms with Gasteiger partial charge in [0.2, 0.25) is 5.91 Å². The number of amides is 2. The average molecular weight is 315 g/mol. The first kappa shape index (κ1) is 16.3. The van der Waals surface area contributed by atoms with Crippen LogP contribution in [0.5, 0.6) is 0 Å². The van der Waals surface area contributed by atoms with Crippen LogP contribution in [-0.2, 0) is 16.1 Å². The predicted molar refractivity (Wildman–Crippen MR) is 71.5 cm³/mol. The van der Waals surface area contributed by atoms with E-state index in [-0.39, 0.29) is 6.54 Å². The van der Waals surface area contributed by atoms with Crippen molar-refractivity contribution < 1.29 is 22.8 Å². The Morgan fingerprint density at radius 3 is 2.45 bits per heavy atom. The van der Waals surface area contributed by atoms with Gasteiger partial charge in [0.25, 0.3) is 0 Å². The molecule has 5 nitrogen and oxygen atoms in total. The summed E-state index contributed by atoms with van der Waals surface area (Å²) in [6.45, 7) is 0.112. The van der Waals surface area contributed by atoms with E-state index in [0.717, 1.165) is 12.8 Å². The lowest BCUT2D eigenvalue weighted by Gasteiger charge is -2.25. The fourth-order valence-corrected chi connectivity index (χ4v) is 2.30. The summed E-state index contributed by atoms with van der Waals surface area (Å²) in [6, 6.07) is 4.74. The van der Waals surface area contributed by atoms with Crippen molar-refractivity contribution in [2.45, 2.75) is 25.6 Å². The summed E-state index contributed by atoms with van der Waals surface area (Å²) in [7, 11) is 0. The Kier molecular flexibility index (Phi) is 4.99. The van der Waals surface area contributed by atoms with Gasteiger partial charge < -0.3 is 9.80 Å². The Balaban J connectivity index is 2.10. The average Bonchev–Trinajstić information content (AvgIpc) is 3.00. The smallest absolute Gasteiger partial charge is 0.341 e. The van der Waals surface area contributed by atoms with Gasteiger partial charge in [-0.15, -0.1) is 0 Å². The normalized spacial score (nSPS) is 15.0. The Morgan fingerprint density at radius 2 is 1.91 bits per heavy atom. The van der Waals surface area contributed by atoms with Gasteiger partial charge in [0.1, 0.15) is 6.54 Å². The molecule has 2 heterocycles. The van der Waals surface area contributed by atoms with Gasteiger partial charge in [-0.1, -0.05) is 6.07 Å². The van der Waals surface area contributed by atoms with Gasteiger partial charge in [0.15, 0.2) is 0 Å². The highest BCUT2D eigenvalue weighted by molar-refractivity contribution is 5.87. The Bertz CT molecular complexity index is 528. The molecule has 0 spiro atoms. The molecule has 0 unspecified atom stereocenters. The van der Waals surface area contributed by atoms with Crippen LogP contribution in [0, 0.1) is 0 Å². The standard InChI is InChI=1S/C14H16F3N3O2/c15-14(16,17)13(22)20(9-11-5-1-2-6-18-11)10-12(21)19-7-3-4-8-19/h1-2,5-6H,3-4,7-10H2. The molecule has 0 saturated carbocycles. The Hall–Kier alpha value is -2.12. The zero-order valence-corrected chi connectivity index (χ0v) is 11.8. The van der Waals surface area contributed by atoms with Crippen LogP contribution in [0.4, 0.5) is 13.2 Å². The van der Waals surface area contributed by atoms with E-state index in [1.54, 1.807) is 12.1 Å². The second-order valence-electron chi connectivity index (χ2n) is 5.07. The predicted octanol–water partition coefficient (Wildman–Crippen LogP) is 1.59. The van der Waals surface area contributed by atoms with Gasteiger partial charge in [-0.25, -0.2) is 0 Å². The molecule has 1 aromatic heterocycles. The molecule has 1 fully saturated rings. The van der Waals surface area contributed by atoms with Gasteiger partial charge >= 0.3 is 12.1 Å². The number of likely N-dealkylation sites (tertiary alicyclic amines) is 1. The third-order valence-corrected chi connectivity index (χ3v) is 3.39. The second kappa shape index (κ2) is 6.76. The zero-order chi connectivity index (χ0) is 16.2. The maximum absolute atomic E-state index is 12.7. The molecule has 0 aliphatic carbocycles. The second-order valence-corrected chi connectivity index (χ2v) is 5.07. The van der Waals surface area contributed by atoms with Crippen LogP contribution < -0.4 is 0 Å². The lowest BCUT2D eigenvalue weighted by Crippen LogP contribution is -2.46. The van der Waals surface area contributed by atoms with Gasteiger partial charge in [-0.05, 0) is 25.0 Å². The molecule has 2 rings (SSSR count). The van der Waals surface area contributed by atoms with E-state index < -0.39 is 24.5 Å². The number of carbonyl (C=O) groups excluding carboxylic acids is 2. The minimum atomic E-state index is -5.01. The number of carbonyl (C=O) groups is 2.